The lowest BCUT2D eigenvalue weighted by Gasteiger charge is -2.35. The van der Waals surface area contributed by atoms with Crippen LogP contribution in [0.15, 0.2) is 29.8 Å². The van der Waals surface area contributed by atoms with Crippen molar-refractivity contribution >= 4 is 41.1 Å². The number of β-amino-alcohol motifs (C(OH)–C–C–N with tert-alkyl or cyclic N) is 1. The van der Waals surface area contributed by atoms with E-state index in [0.29, 0.717) is 39.0 Å². The minimum Gasteiger partial charge on any atom is -0.444 e. The van der Waals surface area contributed by atoms with Gasteiger partial charge in [0.05, 0.1) is 28.2 Å². The van der Waals surface area contributed by atoms with Crippen LogP contribution in [-0.4, -0.2) is 111 Å². The van der Waals surface area contributed by atoms with Crippen LogP contribution in [0, 0.1) is 12.3 Å². The van der Waals surface area contributed by atoms with E-state index in [9.17, 15) is 29.1 Å². The molecule has 0 bridgehead atoms. The average Bonchev–Trinajstić information content (AvgIpc) is 3.73. The zero-order chi connectivity index (χ0) is 40.5. The molecule has 2 aliphatic heterocycles. The molecule has 4 atom stereocenters. The van der Waals surface area contributed by atoms with Gasteiger partial charge in [-0.15, -0.1) is 11.3 Å². The first kappa shape index (κ1) is 43.7. The van der Waals surface area contributed by atoms with Gasteiger partial charge in [-0.2, -0.15) is 0 Å². The number of unbranched alkanes of at least 4 members (excludes halogenated alkanes) is 4. The Labute approximate surface area is 330 Å². The predicted octanol–water partition coefficient (Wildman–Crippen LogP) is 5.60. The summed E-state index contributed by atoms with van der Waals surface area (Å²) in [5.74, 6) is -0.874. The highest BCUT2D eigenvalue weighted by Gasteiger charge is 2.44. The van der Waals surface area contributed by atoms with Crippen molar-refractivity contribution in [3.8, 4) is 10.4 Å². The molecule has 3 heterocycles. The standard InChI is InChI=1S/C41H62N6O7S/c1-27(29-16-18-30(19-17-29)35-28(2)42-26-55-35)43-37(51)32-24-31(48)25-47(32)38(52)36(40(3,4)5)44-33(49)14-12-10-9-11-13-15-34(50)45-20-22-46(23-21-45)39(53)54-41(6,7)8/h16-19,26-27,31-32,36,48H,9-15,20-25H2,1-8H3,(H,43,51)(H,44,49)/t27-,31+,32-,36+/m0/s1. The second kappa shape index (κ2) is 19.2. The molecule has 0 unspecified atom stereocenters. The highest BCUT2D eigenvalue weighted by molar-refractivity contribution is 7.13. The zero-order valence-electron chi connectivity index (χ0n) is 34.0. The van der Waals surface area contributed by atoms with Crippen LogP contribution in [0.4, 0.5) is 4.79 Å². The Kier molecular flexibility index (Phi) is 15.3. The Morgan fingerprint density at radius 2 is 1.49 bits per heavy atom. The third-order valence-corrected chi connectivity index (χ3v) is 11.1. The third-order valence-electron chi connectivity index (χ3n) is 10.1. The molecule has 14 heteroatoms. The second-order valence-corrected chi connectivity index (χ2v) is 17.9. The number of rotatable bonds is 14. The van der Waals surface area contributed by atoms with Gasteiger partial charge >= 0.3 is 6.09 Å². The molecule has 304 valence electrons. The van der Waals surface area contributed by atoms with Gasteiger partial charge in [0.25, 0.3) is 0 Å². The molecule has 0 spiro atoms. The topological polar surface area (TPSA) is 161 Å². The number of hydrogen-bond donors (Lipinski definition) is 3. The summed E-state index contributed by atoms with van der Waals surface area (Å²) in [6.07, 6.45) is 3.60. The number of carbonyl (C=O) groups is 5. The molecule has 2 fully saturated rings. The first-order valence-electron chi connectivity index (χ1n) is 19.7. The van der Waals surface area contributed by atoms with Gasteiger partial charge in [0.15, 0.2) is 0 Å². The number of thiazole rings is 1. The molecule has 2 aliphatic rings. The monoisotopic (exact) mass is 782 g/mol. The fraction of sp³-hybridized carbons (Fsp3) is 0.659. The van der Waals surface area contributed by atoms with Gasteiger partial charge in [0, 0.05) is 52.0 Å². The lowest BCUT2D eigenvalue weighted by Crippen LogP contribution is -2.57. The van der Waals surface area contributed by atoms with Crippen LogP contribution in [-0.2, 0) is 23.9 Å². The van der Waals surface area contributed by atoms with Crippen LogP contribution in [0.2, 0.25) is 0 Å². The van der Waals surface area contributed by atoms with E-state index < -0.39 is 29.2 Å². The third kappa shape index (κ3) is 12.7. The van der Waals surface area contributed by atoms with Crippen molar-refractivity contribution < 1.29 is 33.8 Å². The molecule has 1 aromatic heterocycles. The Bertz CT molecular complexity index is 1620. The van der Waals surface area contributed by atoms with Crippen LogP contribution in [0.5, 0.6) is 0 Å². The van der Waals surface area contributed by atoms with Crippen LogP contribution >= 0.6 is 11.3 Å². The lowest BCUT2D eigenvalue weighted by molar-refractivity contribution is -0.144. The van der Waals surface area contributed by atoms with Crippen LogP contribution in [0.1, 0.15) is 117 Å². The quantitative estimate of drug-likeness (QED) is 0.209. The number of ether oxygens (including phenoxy) is 1. The van der Waals surface area contributed by atoms with Crippen molar-refractivity contribution in [3.63, 3.8) is 0 Å². The highest BCUT2D eigenvalue weighted by atomic mass is 32.1. The average molecular weight is 783 g/mol. The predicted molar refractivity (Wildman–Crippen MR) is 213 cm³/mol. The highest BCUT2D eigenvalue weighted by Crippen LogP contribution is 2.30. The number of hydrogen-bond acceptors (Lipinski definition) is 9. The summed E-state index contributed by atoms with van der Waals surface area (Å²) in [6, 6.07) is 5.89. The maximum atomic E-state index is 14.0. The molecular formula is C41H62N6O7S. The first-order valence-corrected chi connectivity index (χ1v) is 20.6. The molecular weight excluding hydrogens is 721 g/mol. The van der Waals surface area contributed by atoms with E-state index in [2.05, 4.69) is 15.6 Å². The molecule has 2 saturated heterocycles. The van der Waals surface area contributed by atoms with Crippen molar-refractivity contribution in [1.82, 2.24) is 30.3 Å². The number of benzene rings is 1. The summed E-state index contributed by atoms with van der Waals surface area (Å²) in [7, 11) is 0. The molecule has 2 aromatic rings. The fourth-order valence-corrected chi connectivity index (χ4v) is 7.78. The smallest absolute Gasteiger partial charge is 0.410 e. The van der Waals surface area contributed by atoms with Crippen LogP contribution in [0.25, 0.3) is 10.4 Å². The van der Waals surface area contributed by atoms with Gasteiger partial charge in [-0.25, -0.2) is 9.78 Å². The minimum absolute atomic E-state index is 0.0153. The molecule has 0 aliphatic carbocycles. The normalized spacial score (nSPS) is 18.8. The van der Waals surface area contributed by atoms with E-state index in [1.54, 1.807) is 16.2 Å². The van der Waals surface area contributed by atoms with Gasteiger partial charge in [-0.05, 0) is 64.0 Å². The number of amides is 5. The number of nitrogens with one attached hydrogen (secondary N) is 2. The second-order valence-electron chi connectivity index (χ2n) is 17.0. The molecule has 4 rings (SSSR count). The Morgan fingerprint density at radius 1 is 0.891 bits per heavy atom. The Hall–Kier alpha value is -4.04. The molecule has 3 N–H and O–H groups in total. The summed E-state index contributed by atoms with van der Waals surface area (Å²) in [6.45, 7) is 16.9. The fourth-order valence-electron chi connectivity index (χ4n) is 6.96. The van der Waals surface area contributed by atoms with E-state index in [0.717, 1.165) is 47.4 Å². The molecule has 1 aromatic carbocycles. The Morgan fingerprint density at radius 3 is 2.07 bits per heavy atom. The molecule has 0 radical (unpaired) electrons. The summed E-state index contributed by atoms with van der Waals surface area (Å²) in [4.78, 5) is 76.0. The largest absolute Gasteiger partial charge is 0.444 e. The van der Waals surface area contributed by atoms with E-state index in [1.165, 1.54) is 4.90 Å². The van der Waals surface area contributed by atoms with E-state index in [1.807, 2.05) is 90.1 Å². The number of aromatic nitrogens is 1. The SMILES string of the molecule is Cc1ncsc1-c1ccc([C@H](C)NC(=O)[C@@H]2C[C@@H](O)CN2C(=O)[C@@H](NC(=O)CCCCCCCC(=O)N2CCN(C(=O)OC(C)(C)C)CC2)C(C)(C)C)cc1. The van der Waals surface area contributed by atoms with Gasteiger partial charge in [0.2, 0.25) is 23.6 Å². The van der Waals surface area contributed by atoms with E-state index in [4.69, 9.17) is 4.74 Å². The van der Waals surface area contributed by atoms with Gasteiger partial charge < -0.3 is 35.2 Å². The number of aliphatic hydroxyl groups excluding tert-OH is 1. The van der Waals surface area contributed by atoms with Gasteiger partial charge in [-0.3, -0.25) is 19.2 Å². The summed E-state index contributed by atoms with van der Waals surface area (Å²) in [5, 5.41) is 16.6. The number of likely N-dealkylation sites (tertiary alicyclic amines) is 1. The number of piperazine rings is 1. The van der Waals surface area contributed by atoms with Crippen molar-refractivity contribution in [3.05, 3.63) is 41.0 Å². The number of aryl methyl sites for hydroxylation is 1. The van der Waals surface area contributed by atoms with Crippen molar-refractivity contribution in [1.29, 1.82) is 0 Å². The van der Waals surface area contributed by atoms with E-state index in [-0.39, 0.29) is 55.2 Å². The van der Waals surface area contributed by atoms with Gasteiger partial charge in [0.1, 0.15) is 17.7 Å². The maximum Gasteiger partial charge on any atom is 0.410 e. The Balaban J connectivity index is 1.19. The van der Waals surface area contributed by atoms with Crippen LogP contribution < -0.4 is 10.6 Å². The van der Waals surface area contributed by atoms with Crippen molar-refractivity contribution in [2.75, 3.05) is 32.7 Å². The summed E-state index contributed by atoms with van der Waals surface area (Å²) in [5.41, 5.74) is 3.57. The zero-order valence-corrected chi connectivity index (χ0v) is 34.8. The molecule has 55 heavy (non-hydrogen) atoms. The maximum absolute atomic E-state index is 14.0. The molecule has 0 saturated carbocycles. The summed E-state index contributed by atoms with van der Waals surface area (Å²) < 4.78 is 5.43. The molecule has 13 nitrogen and oxygen atoms in total. The summed E-state index contributed by atoms with van der Waals surface area (Å²) >= 11 is 1.58. The van der Waals surface area contributed by atoms with E-state index >= 15 is 0 Å². The number of aliphatic hydroxyl groups is 1. The van der Waals surface area contributed by atoms with Gasteiger partial charge in [-0.1, -0.05) is 64.3 Å². The van der Waals surface area contributed by atoms with Crippen LogP contribution in [0.3, 0.4) is 0 Å². The first-order chi connectivity index (χ1) is 25.8. The number of carbonyl (C=O) groups excluding carboxylic acids is 5. The molecule has 5 amide bonds. The number of nitrogens with zero attached hydrogens (tertiary/aromatic N) is 4. The van der Waals surface area contributed by atoms with Crippen molar-refractivity contribution in [2.45, 2.75) is 137 Å². The minimum atomic E-state index is -0.877. The lowest BCUT2D eigenvalue weighted by atomic mass is 9.85. The van der Waals surface area contributed by atoms with Crippen molar-refractivity contribution in [2.24, 2.45) is 5.41 Å².